The Morgan fingerprint density at radius 2 is 1.65 bits per heavy atom. The number of rotatable bonds is 10. The highest BCUT2D eigenvalue weighted by Gasteiger charge is 2.30. The number of ether oxygens (including phenoxy) is 1. The van der Waals surface area contributed by atoms with Crippen LogP contribution in [0.5, 0.6) is 0 Å². The molecule has 6 N–H and O–H groups in total. The molecule has 2 heterocycles. The van der Waals surface area contributed by atoms with Gasteiger partial charge in [0.2, 0.25) is 21.8 Å². The van der Waals surface area contributed by atoms with Gasteiger partial charge in [0.25, 0.3) is 0 Å². The SMILES string of the molecule is Cc1ccc(S(=O)(=O)N2CCOCC2)cc1-c1ccc(C[C@H](NC(=O)C2CCC(CN)CC2)C(=O)Nc2ccc3[nH]c(=O)[nH]c3c2)cc1.Cl. The van der Waals surface area contributed by atoms with E-state index in [0.29, 0.717) is 55.5 Å². The first-order valence-electron chi connectivity index (χ1n) is 16.4. The Kier molecular flexibility index (Phi) is 11.6. The topological polar surface area (TPSA) is 179 Å². The number of amides is 2. The number of sulfonamides is 1. The van der Waals surface area contributed by atoms with E-state index >= 15 is 0 Å². The first kappa shape index (κ1) is 36.3. The van der Waals surface area contributed by atoms with Crippen LogP contribution in [0.25, 0.3) is 22.2 Å². The number of benzene rings is 3. The summed E-state index contributed by atoms with van der Waals surface area (Å²) >= 11 is 0. The summed E-state index contributed by atoms with van der Waals surface area (Å²) in [7, 11) is -3.66. The van der Waals surface area contributed by atoms with Gasteiger partial charge in [-0.25, -0.2) is 13.2 Å². The number of aryl methyl sites for hydroxylation is 1. The molecule has 0 bridgehead atoms. The van der Waals surface area contributed by atoms with Gasteiger partial charge in [0, 0.05) is 31.1 Å². The zero-order valence-electron chi connectivity index (χ0n) is 27.4. The number of imidazole rings is 1. The van der Waals surface area contributed by atoms with E-state index in [9.17, 15) is 22.8 Å². The van der Waals surface area contributed by atoms with Crippen molar-refractivity contribution in [3.05, 3.63) is 82.3 Å². The molecular weight excluding hydrogens is 668 g/mol. The van der Waals surface area contributed by atoms with Crippen LogP contribution in [-0.2, 0) is 30.8 Å². The molecule has 0 unspecified atom stereocenters. The van der Waals surface area contributed by atoms with Crippen molar-refractivity contribution in [2.45, 2.75) is 50.0 Å². The number of hydrogen-bond donors (Lipinski definition) is 5. The van der Waals surface area contributed by atoms with E-state index in [1.165, 1.54) is 4.31 Å². The number of anilines is 1. The van der Waals surface area contributed by atoms with Gasteiger partial charge in [0.15, 0.2) is 0 Å². The molecule has 2 amide bonds. The van der Waals surface area contributed by atoms with E-state index in [-0.39, 0.29) is 47.1 Å². The van der Waals surface area contributed by atoms with Crippen molar-refractivity contribution in [2.75, 3.05) is 38.2 Å². The highest BCUT2D eigenvalue weighted by atomic mass is 35.5. The Hall–Kier alpha value is -4.01. The first-order chi connectivity index (χ1) is 23.1. The van der Waals surface area contributed by atoms with E-state index in [4.69, 9.17) is 10.5 Å². The van der Waals surface area contributed by atoms with E-state index in [1.807, 2.05) is 37.3 Å². The van der Waals surface area contributed by atoms with Gasteiger partial charge in [-0.2, -0.15) is 4.31 Å². The summed E-state index contributed by atoms with van der Waals surface area (Å²) in [4.78, 5) is 44.4. The van der Waals surface area contributed by atoms with Crippen molar-refractivity contribution in [3.63, 3.8) is 0 Å². The third kappa shape index (κ3) is 8.42. The van der Waals surface area contributed by atoms with Gasteiger partial charge < -0.3 is 31.1 Å². The van der Waals surface area contributed by atoms with Gasteiger partial charge in [0.1, 0.15) is 6.04 Å². The average Bonchev–Trinajstić information content (AvgIpc) is 3.48. The lowest BCUT2D eigenvalue weighted by Crippen LogP contribution is -2.48. The molecule has 4 aromatic rings. The van der Waals surface area contributed by atoms with E-state index in [2.05, 4.69) is 20.6 Å². The molecule has 12 nitrogen and oxygen atoms in total. The van der Waals surface area contributed by atoms with E-state index < -0.39 is 16.1 Å². The summed E-state index contributed by atoms with van der Waals surface area (Å²) in [6.45, 7) is 3.93. The van der Waals surface area contributed by atoms with Crippen LogP contribution in [0, 0.1) is 18.8 Å². The number of hydrogen-bond acceptors (Lipinski definition) is 7. The zero-order valence-corrected chi connectivity index (χ0v) is 29.0. The quantitative estimate of drug-likeness (QED) is 0.166. The zero-order chi connectivity index (χ0) is 33.8. The second kappa shape index (κ2) is 15.7. The van der Waals surface area contributed by atoms with Gasteiger partial charge >= 0.3 is 5.69 Å². The molecule has 14 heteroatoms. The highest BCUT2D eigenvalue weighted by molar-refractivity contribution is 7.89. The first-order valence-corrected chi connectivity index (χ1v) is 17.9. The molecule has 1 atom stereocenters. The Bertz CT molecular complexity index is 1950. The molecule has 6 rings (SSSR count). The number of nitrogens with one attached hydrogen (secondary N) is 4. The lowest BCUT2D eigenvalue weighted by Gasteiger charge is -2.28. The molecule has 0 radical (unpaired) electrons. The number of nitrogens with two attached hydrogens (primary N) is 1. The summed E-state index contributed by atoms with van der Waals surface area (Å²) in [5.41, 5.74) is 10.6. The number of carbonyl (C=O) groups excluding carboxylic acids is 2. The van der Waals surface area contributed by atoms with Gasteiger partial charge in [-0.3, -0.25) is 9.59 Å². The Morgan fingerprint density at radius 3 is 2.35 bits per heavy atom. The predicted octanol–water partition coefficient (Wildman–Crippen LogP) is 3.71. The lowest BCUT2D eigenvalue weighted by molar-refractivity contribution is -0.130. The maximum Gasteiger partial charge on any atom is 0.323 e. The number of H-pyrrole nitrogens is 2. The van der Waals surface area contributed by atoms with Crippen LogP contribution in [0.3, 0.4) is 0 Å². The van der Waals surface area contributed by atoms with Crippen LogP contribution >= 0.6 is 12.4 Å². The molecule has 2 aliphatic rings. The van der Waals surface area contributed by atoms with Crippen LogP contribution in [0.4, 0.5) is 5.69 Å². The van der Waals surface area contributed by atoms with E-state index in [1.54, 1.807) is 30.3 Å². The van der Waals surface area contributed by atoms with Crippen molar-refractivity contribution >= 4 is 51.0 Å². The molecule has 1 saturated heterocycles. The van der Waals surface area contributed by atoms with Crippen LogP contribution in [-0.4, -0.2) is 73.4 Å². The highest BCUT2D eigenvalue weighted by Crippen LogP contribution is 2.30. The second-order valence-corrected chi connectivity index (χ2v) is 14.7. The second-order valence-electron chi connectivity index (χ2n) is 12.7. The van der Waals surface area contributed by atoms with Crippen molar-refractivity contribution in [1.82, 2.24) is 19.6 Å². The minimum Gasteiger partial charge on any atom is -0.379 e. The average molecular weight is 711 g/mol. The fourth-order valence-corrected chi connectivity index (χ4v) is 8.00. The molecule has 1 aliphatic carbocycles. The lowest BCUT2D eigenvalue weighted by atomic mass is 9.81. The van der Waals surface area contributed by atoms with Crippen LogP contribution in [0.2, 0.25) is 0 Å². The maximum absolute atomic E-state index is 13.7. The minimum atomic E-state index is -3.66. The summed E-state index contributed by atoms with van der Waals surface area (Å²) < 4.78 is 33.4. The van der Waals surface area contributed by atoms with Gasteiger partial charge in [-0.1, -0.05) is 30.3 Å². The normalized spacial score (nSPS) is 19.1. The monoisotopic (exact) mass is 710 g/mol. The molecule has 3 aromatic carbocycles. The summed E-state index contributed by atoms with van der Waals surface area (Å²) in [5, 5.41) is 5.92. The number of nitrogens with zero attached hydrogens (tertiary/aromatic N) is 1. The van der Waals surface area contributed by atoms with Crippen LogP contribution in [0.15, 0.2) is 70.4 Å². The number of carbonyl (C=O) groups is 2. The number of morpholine rings is 1. The van der Waals surface area contributed by atoms with Crippen LogP contribution in [0.1, 0.15) is 36.8 Å². The molecule has 0 spiro atoms. The van der Waals surface area contributed by atoms with Crippen LogP contribution < -0.4 is 22.1 Å². The molecular formula is C35H43ClN6O6S. The number of aromatic nitrogens is 2. The third-order valence-corrected chi connectivity index (χ3v) is 11.4. The largest absolute Gasteiger partial charge is 0.379 e. The standard InChI is InChI=1S/C35H42N6O6S.ClH/c1-22-2-12-28(48(45,46)41-14-16-47-17-15-41)20-29(22)25-7-3-23(4-8-25)18-32(38-33(42)26-9-5-24(21-36)6-10-26)34(43)37-27-11-13-30-31(19-27)40-35(44)39-30;/h2-4,7-8,11-13,19-20,24,26,32H,5-6,9-10,14-18,21,36H2,1H3,(H,37,43)(H,38,42)(H2,39,40,44);1H/t24?,26?,32-;/m0./s1. The van der Waals surface area contributed by atoms with Crippen molar-refractivity contribution in [3.8, 4) is 11.1 Å². The third-order valence-electron chi connectivity index (χ3n) is 9.49. The fourth-order valence-electron chi connectivity index (χ4n) is 6.56. The minimum absolute atomic E-state index is 0. The molecule has 1 aliphatic heterocycles. The summed E-state index contributed by atoms with van der Waals surface area (Å²) in [6, 6.07) is 17.0. The Morgan fingerprint density at radius 1 is 0.959 bits per heavy atom. The van der Waals surface area contributed by atoms with Crippen molar-refractivity contribution in [2.24, 2.45) is 17.6 Å². The number of halogens is 1. The Balaban J connectivity index is 0.00000468. The number of aromatic amines is 2. The van der Waals surface area contributed by atoms with Gasteiger partial charge in [-0.15, -0.1) is 12.4 Å². The van der Waals surface area contributed by atoms with E-state index in [0.717, 1.165) is 47.9 Å². The molecule has 1 aromatic heterocycles. The maximum atomic E-state index is 13.7. The molecule has 49 heavy (non-hydrogen) atoms. The van der Waals surface area contributed by atoms with Crippen molar-refractivity contribution < 1.29 is 22.7 Å². The summed E-state index contributed by atoms with van der Waals surface area (Å²) in [6.07, 6.45) is 3.47. The Labute approximate surface area is 291 Å². The molecule has 262 valence electrons. The fraction of sp³-hybridized carbons (Fsp3) is 0.400. The van der Waals surface area contributed by atoms with Gasteiger partial charge in [0.05, 0.1) is 29.1 Å². The van der Waals surface area contributed by atoms with Gasteiger partial charge in [-0.05, 0) is 97.7 Å². The summed E-state index contributed by atoms with van der Waals surface area (Å²) in [5.74, 6) is -0.292. The number of fused-ring (bicyclic) bond motifs is 1. The predicted molar refractivity (Wildman–Crippen MR) is 191 cm³/mol. The molecule has 1 saturated carbocycles. The smallest absolute Gasteiger partial charge is 0.323 e. The molecule has 2 fully saturated rings. The van der Waals surface area contributed by atoms with Crippen molar-refractivity contribution in [1.29, 1.82) is 0 Å².